The zero-order valence-corrected chi connectivity index (χ0v) is 9.87. The van der Waals surface area contributed by atoms with Gasteiger partial charge in [0.2, 0.25) is 0 Å². The van der Waals surface area contributed by atoms with Gasteiger partial charge in [0, 0.05) is 23.9 Å². The minimum absolute atomic E-state index is 0.280. The van der Waals surface area contributed by atoms with Crippen LogP contribution in [0.4, 0.5) is 10.2 Å². The lowest BCUT2D eigenvalue weighted by Crippen LogP contribution is -2.02. The molecule has 17 heavy (non-hydrogen) atoms. The van der Waals surface area contributed by atoms with Crippen molar-refractivity contribution in [1.82, 2.24) is 9.97 Å². The van der Waals surface area contributed by atoms with Gasteiger partial charge in [-0.3, -0.25) is 0 Å². The van der Waals surface area contributed by atoms with Crippen molar-refractivity contribution in [1.29, 1.82) is 0 Å². The third kappa shape index (κ3) is 2.78. The third-order valence-electron chi connectivity index (χ3n) is 2.29. The maximum absolute atomic E-state index is 13.1. The minimum atomic E-state index is -0.280. The van der Waals surface area contributed by atoms with E-state index in [4.69, 9.17) is 0 Å². The lowest BCUT2D eigenvalue weighted by molar-refractivity contribution is 0.628. The molecule has 0 amide bonds. The first-order chi connectivity index (χ1) is 8.19. The number of hydrogen-bond donors (Lipinski definition) is 1. The number of aryl methyl sites for hydroxylation is 1. The first-order valence-electron chi connectivity index (χ1n) is 5.54. The van der Waals surface area contributed by atoms with Crippen LogP contribution >= 0.6 is 0 Å². The van der Waals surface area contributed by atoms with E-state index in [1.165, 1.54) is 12.1 Å². The second kappa shape index (κ2) is 4.91. The van der Waals surface area contributed by atoms with Crippen molar-refractivity contribution in [2.45, 2.75) is 13.8 Å². The molecule has 4 heteroatoms. The van der Waals surface area contributed by atoms with Crippen molar-refractivity contribution in [3.63, 3.8) is 0 Å². The second-order valence-electron chi connectivity index (χ2n) is 3.76. The lowest BCUT2D eigenvalue weighted by Gasteiger charge is -2.06. The molecule has 0 aliphatic rings. The number of nitrogens with one attached hydrogen (secondary N) is 1. The van der Waals surface area contributed by atoms with Crippen LogP contribution in [-0.2, 0) is 0 Å². The molecule has 2 rings (SSSR count). The van der Waals surface area contributed by atoms with Crippen LogP contribution in [0.3, 0.4) is 0 Å². The summed E-state index contributed by atoms with van der Waals surface area (Å²) in [4.78, 5) is 8.66. The van der Waals surface area contributed by atoms with Crippen molar-refractivity contribution in [2.75, 3.05) is 11.9 Å². The van der Waals surface area contributed by atoms with Gasteiger partial charge in [-0.2, -0.15) is 0 Å². The summed E-state index contributed by atoms with van der Waals surface area (Å²) in [5.41, 5.74) is 1.54. The van der Waals surface area contributed by atoms with Crippen LogP contribution in [-0.4, -0.2) is 16.5 Å². The quantitative estimate of drug-likeness (QED) is 0.882. The first-order valence-corrected chi connectivity index (χ1v) is 5.54. The Morgan fingerprint density at radius 3 is 2.76 bits per heavy atom. The van der Waals surface area contributed by atoms with Gasteiger partial charge in [0.1, 0.15) is 11.6 Å². The molecule has 3 nitrogen and oxygen atoms in total. The van der Waals surface area contributed by atoms with Gasteiger partial charge in [-0.15, -0.1) is 0 Å². The monoisotopic (exact) mass is 231 g/mol. The Morgan fingerprint density at radius 1 is 1.24 bits per heavy atom. The van der Waals surface area contributed by atoms with Crippen molar-refractivity contribution >= 4 is 5.82 Å². The second-order valence-corrected chi connectivity index (χ2v) is 3.76. The molecule has 0 saturated carbocycles. The molecule has 0 spiro atoms. The van der Waals surface area contributed by atoms with Gasteiger partial charge in [-0.1, -0.05) is 12.1 Å². The van der Waals surface area contributed by atoms with Gasteiger partial charge >= 0.3 is 0 Å². The van der Waals surface area contributed by atoms with E-state index < -0.39 is 0 Å². The van der Waals surface area contributed by atoms with Gasteiger partial charge in [-0.05, 0) is 26.0 Å². The molecule has 0 radical (unpaired) electrons. The Labute approximate surface area is 99.7 Å². The maximum atomic E-state index is 13.1. The number of anilines is 1. The summed E-state index contributed by atoms with van der Waals surface area (Å²) in [5, 5.41) is 3.13. The number of halogens is 1. The fraction of sp³-hybridized carbons (Fsp3) is 0.231. The molecule has 88 valence electrons. The molecule has 1 N–H and O–H groups in total. The maximum Gasteiger partial charge on any atom is 0.161 e. The van der Waals surface area contributed by atoms with E-state index in [1.807, 2.05) is 19.9 Å². The molecule has 0 unspecified atom stereocenters. The van der Waals surface area contributed by atoms with E-state index in [0.29, 0.717) is 11.4 Å². The van der Waals surface area contributed by atoms with Crippen LogP contribution < -0.4 is 5.32 Å². The standard InChI is InChI=1S/C13H14FN3/c1-3-15-12-7-9(2)16-13(17-12)10-5-4-6-11(14)8-10/h4-8H,3H2,1-2H3,(H,15,16,17). The van der Waals surface area contributed by atoms with Crippen LogP contribution in [0, 0.1) is 12.7 Å². The largest absolute Gasteiger partial charge is 0.370 e. The Bertz CT molecular complexity index is 526. The molecule has 0 saturated heterocycles. The number of benzene rings is 1. The smallest absolute Gasteiger partial charge is 0.161 e. The predicted molar refractivity (Wildman–Crippen MR) is 66.3 cm³/mol. The van der Waals surface area contributed by atoms with Crippen LogP contribution in [0.2, 0.25) is 0 Å². The molecular weight excluding hydrogens is 217 g/mol. The topological polar surface area (TPSA) is 37.8 Å². The highest BCUT2D eigenvalue weighted by atomic mass is 19.1. The van der Waals surface area contributed by atoms with E-state index in [0.717, 1.165) is 18.1 Å². The zero-order valence-electron chi connectivity index (χ0n) is 9.87. The molecule has 0 aliphatic carbocycles. The summed E-state index contributed by atoms with van der Waals surface area (Å²) in [6, 6.07) is 8.16. The highest BCUT2D eigenvalue weighted by Gasteiger charge is 2.05. The highest BCUT2D eigenvalue weighted by molar-refractivity contribution is 5.57. The average Bonchev–Trinajstić information content (AvgIpc) is 2.28. The average molecular weight is 231 g/mol. The molecule has 2 aromatic rings. The highest BCUT2D eigenvalue weighted by Crippen LogP contribution is 2.18. The molecule has 1 aromatic carbocycles. The van der Waals surface area contributed by atoms with E-state index in [-0.39, 0.29) is 5.82 Å². The summed E-state index contributed by atoms with van der Waals surface area (Å²) >= 11 is 0. The predicted octanol–water partition coefficient (Wildman–Crippen LogP) is 3.02. The van der Waals surface area contributed by atoms with Crippen LogP contribution in [0.5, 0.6) is 0 Å². The van der Waals surface area contributed by atoms with Gasteiger partial charge in [0.05, 0.1) is 0 Å². The molecular formula is C13H14FN3. The van der Waals surface area contributed by atoms with Gasteiger partial charge in [0.15, 0.2) is 5.82 Å². The summed E-state index contributed by atoms with van der Waals surface area (Å²) in [6.45, 7) is 4.68. The van der Waals surface area contributed by atoms with Crippen molar-refractivity contribution in [3.05, 3.63) is 41.8 Å². The van der Waals surface area contributed by atoms with Gasteiger partial charge < -0.3 is 5.32 Å². The van der Waals surface area contributed by atoms with E-state index >= 15 is 0 Å². The van der Waals surface area contributed by atoms with Gasteiger partial charge in [0.25, 0.3) is 0 Å². The Morgan fingerprint density at radius 2 is 2.06 bits per heavy atom. The summed E-state index contributed by atoms with van der Waals surface area (Å²) < 4.78 is 13.1. The molecule has 0 fully saturated rings. The third-order valence-corrected chi connectivity index (χ3v) is 2.29. The fourth-order valence-electron chi connectivity index (χ4n) is 1.60. The van der Waals surface area contributed by atoms with Crippen LogP contribution in [0.15, 0.2) is 30.3 Å². The summed E-state index contributed by atoms with van der Waals surface area (Å²) in [5.74, 6) is 1.03. The van der Waals surface area contributed by atoms with Crippen LogP contribution in [0.1, 0.15) is 12.6 Å². The number of rotatable bonds is 3. The summed E-state index contributed by atoms with van der Waals surface area (Å²) in [7, 11) is 0. The molecule has 0 atom stereocenters. The Hall–Kier alpha value is -1.97. The summed E-state index contributed by atoms with van der Waals surface area (Å²) in [6.07, 6.45) is 0. The van der Waals surface area contributed by atoms with E-state index in [2.05, 4.69) is 15.3 Å². The van der Waals surface area contributed by atoms with Crippen LogP contribution in [0.25, 0.3) is 11.4 Å². The van der Waals surface area contributed by atoms with E-state index in [1.54, 1.807) is 12.1 Å². The Balaban J connectivity index is 2.44. The van der Waals surface area contributed by atoms with Crippen molar-refractivity contribution < 1.29 is 4.39 Å². The lowest BCUT2D eigenvalue weighted by atomic mass is 10.2. The molecule has 0 aliphatic heterocycles. The molecule has 1 heterocycles. The Kier molecular flexibility index (Phi) is 3.32. The van der Waals surface area contributed by atoms with Gasteiger partial charge in [-0.25, -0.2) is 14.4 Å². The number of aromatic nitrogens is 2. The normalized spacial score (nSPS) is 10.3. The SMILES string of the molecule is CCNc1cc(C)nc(-c2cccc(F)c2)n1. The number of nitrogens with zero attached hydrogens (tertiary/aromatic N) is 2. The first kappa shape index (κ1) is 11.5. The number of hydrogen-bond acceptors (Lipinski definition) is 3. The zero-order chi connectivity index (χ0) is 12.3. The fourth-order valence-corrected chi connectivity index (χ4v) is 1.60. The molecule has 0 bridgehead atoms. The molecule has 1 aromatic heterocycles. The van der Waals surface area contributed by atoms with Crippen molar-refractivity contribution in [2.24, 2.45) is 0 Å². The minimum Gasteiger partial charge on any atom is -0.370 e. The van der Waals surface area contributed by atoms with E-state index in [9.17, 15) is 4.39 Å². The van der Waals surface area contributed by atoms with Crippen molar-refractivity contribution in [3.8, 4) is 11.4 Å².